The number of rotatable bonds is 7. The summed E-state index contributed by atoms with van der Waals surface area (Å²) in [5.41, 5.74) is 0.595. The predicted octanol–water partition coefficient (Wildman–Crippen LogP) is 1.00. The number of amides is 1. The highest BCUT2D eigenvalue weighted by molar-refractivity contribution is 7.90. The van der Waals surface area contributed by atoms with Crippen LogP contribution in [0.1, 0.15) is 42.7 Å². The number of hydrogen-bond donors (Lipinski definition) is 1. The van der Waals surface area contributed by atoms with Gasteiger partial charge in [0.2, 0.25) is 10.0 Å². The molecule has 0 aliphatic carbocycles. The van der Waals surface area contributed by atoms with Crippen LogP contribution in [0.2, 0.25) is 0 Å². The third-order valence-corrected chi connectivity index (χ3v) is 3.85. The second-order valence-electron chi connectivity index (χ2n) is 4.42. The largest absolute Gasteiger partial charge is 0.459 e. The highest BCUT2D eigenvalue weighted by atomic mass is 32.2. The first kappa shape index (κ1) is 17.1. The summed E-state index contributed by atoms with van der Waals surface area (Å²) in [6.07, 6.45) is 2.45. The van der Waals surface area contributed by atoms with Gasteiger partial charge < -0.3 is 4.74 Å². The van der Waals surface area contributed by atoms with Gasteiger partial charge in [-0.3, -0.25) is 14.6 Å². The summed E-state index contributed by atoms with van der Waals surface area (Å²) >= 11 is 0. The Hall–Kier alpha value is -1.96. The van der Waals surface area contributed by atoms with Crippen molar-refractivity contribution in [1.82, 2.24) is 9.71 Å². The average Bonchev–Trinajstić information content (AvgIpc) is 2.43. The molecule has 1 N–H and O–H groups in total. The lowest BCUT2D eigenvalue weighted by molar-refractivity contribution is -0.142. The minimum absolute atomic E-state index is 0.00598. The zero-order valence-electron chi connectivity index (χ0n) is 12.0. The van der Waals surface area contributed by atoms with E-state index in [1.165, 1.54) is 25.3 Å². The summed E-state index contributed by atoms with van der Waals surface area (Å²) in [4.78, 5) is 26.4. The maximum absolute atomic E-state index is 11.8. The van der Waals surface area contributed by atoms with Crippen molar-refractivity contribution in [1.29, 1.82) is 0 Å². The van der Waals surface area contributed by atoms with E-state index in [0.717, 1.165) is 6.42 Å². The molecule has 116 valence electrons. The lowest BCUT2D eigenvalue weighted by Crippen LogP contribution is -2.32. The first-order chi connectivity index (χ1) is 9.84. The highest BCUT2D eigenvalue weighted by Gasteiger charge is 2.15. The van der Waals surface area contributed by atoms with Crippen LogP contribution in [0.5, 0.6) is 0 Å². The number of pyridine rings is 1. The smallest absolute Gasteiger partial charge is 0.303 e. The molecule has 0 saturated carbocycles. The van der Waals surface area contributed by atoms with Crippen LogP contribution in [0.15, 0.2) is 18.3 Å². The van der Waals surface area contributed by atoms with Gasteiger partial charge in [-0.05, 0) is 18.6 Å². The van der Waals surface area contributed by atoms with Crippen LogP contribution in [-0.2, 0) is 26.2 Å². The fraction of sp³-hybridized carbons (Fsp3) is 0.462. The molecule has 0 atom stereocenters. The second-order valence-corrected chi connectivity index (χ2v) is 6.26. The number of hydrogen-bond acceptors (Lipinski definition) is 6. The van der Waals surface area contributed by atoms with E-state index in [4.69, 9.17) is 4.74 Å². The molecule has 0 radical (unpaired) electrons. The number of carbonyl (C=O) groups is 2. The number of esters is 1. The van der Waals surface area contributed by atoms with E-state index < -0.39 is 21.9 Å². The van der Waals surface area contributed by atoms with Gasteiger partial charge in [0.15, 0.2) is 0 Å². The van der Waals surface area contributed by atoms with Crippen molar-refractivity contribution in [2.24, 2.45) is 0 Å². The maximum atomic E-state index is 11.8. The van der Waals surface area contributed by atoms with Gasteiger partial charge in [-0.2, -0.15) is 0 Å². The standard InChI is InChI=1S/C13H18N2O5S/c1-3-4-7-21(18,19)15-13(17)11-5-6-12(14-8-11)9-20-10(2)16/h5-6,8H,3-4,7,9H2,1-2H3,(H,15,17). The molecule has 0 spiro atoms. The Morgan fingerprint density at radius 2 is 2.05 bits per heavy atom. The molecule has 0 aliphatic rings. The van der Waals surface area contributed by atoms with Gasteiger partial charge in [-0.15, -0.1) is 0 Å². The number of unbranched alkanes of at least 4 members (excludes halogenated alkanes) is 1. The van der Waals surface area contributed by atoms with E-state index in [9.17, 15) is 18.0 Å². The topological polar surface area (TPSA) is 102 Å². The molecule has 1 amide bonds. The second kappa shape index (κ2) is 7.72. The molecule has 0 fully saturated rings. The summed E-state index contributed by atoms with van der Waals surface area (Å²) < 4.78 is 30.0. The monoisotopic (exact) mass is 314 g/mol. The predicted molar refractivity (Wildman–Crippen MR) is 75.9 cm³/mol. The number of ether oxygens (including phenoxy) is 1. The number of nitrogens with zero attached hydrogens (tertiary/aromatic N) is 1. The summed E-state index contributed by atoms with van der Waals surface area (Å²) in [6.45, 7) is 3.15. The molecule has 0 bridgehead atoms. The van der Waals surface area contributed by atoms with Gasteiger partial charge in [0.25, 0.3) is 5.91 Å². The van der Waals surface area contributed by atoms with E-state index in [-0.39, 0.29) is 17.9 Å². The van der Waals surface area contributed by atoms with Crippen molar-refractivity contribution >= 4 is 21.9 Å². The van der Waals surface area contributed by atoms with Crippen molar-refractivity contribution < 1.29 is 22.7 Å². The molecule has 0 aromatic carbocycles. The third-order valence-electron chi connectivity index (χ3n) is 2.53. The number of aromatic nitrogens is 1. The zero-order chi connectivity index (χ0) is 15.9. The van der Waals surface area contributed by atoms with E-state index in [1.807, 2.05) is 11.6 Å². The van der Waals surface area contributed by atoms with E-state index >= 15 is 0 Å². The Morgan fingerprint density at radius 1 is 1.33 bits per heavy atom. The lowest BCUT2D eigenvalue weighted by Gasteiger charge is -2.07. The van der Waals surface area contributed by atoms with E-state index in [1.54, 1.807) is 0 Å². The summed E-state index contributed by atoms with van der Waals surface area (Å²) in [5.74, 6) is -1.24. The molecule has 1 aromatic rings. The fourth-order valence-corrected chi connectivity index (χ4v) is 2.58. The molecule has 1 aromatic heterocycles. The Kier molecular flexibility index (Phi) is 6.29. The van der Waals surface area contributed by atoms with Crippen molar-refractivity contribution in [2.45, 2.75) is 33.3 Å². The summed E-state index contributed by atoms with van der Waals surface area (Å²) in [7, 11) is -3.62. The van der Waals surface area contributed by atoms with Gasteiger partial charge in [0, 0.05) is 13.1 Å². The van der Waals surface area contributed by atoms with Crippen molar-refractivity contribution in [2.75, 3.05) is 5.75 Å². The quantitative estimate of drug-likeness (QED) is 0.753. The first-order valence-electron chi connectivity index (χ1n) is 6.47. The molecule has 0 saturated heterocycles. The van der Waals surface area contributed by atoms with Gasteiger partial charge in [0.1, 0.15) is 6.61 Å². The molecule has 21 heavy (non-hydrogen) atoms. The molecular weight excluding hydrogens is 296 g/mol. The Morgan fingerprint density at radius 3 is 2.57 bits per heavy atom. The third kappa shape index (κ3) is 6.35. The van der Waals surface area contributed by atoms with E-state index in [2.05, 4.69) is 4.98 Å². The highest BCUT2D eigenvalue weighted by Crippen LogP contribution is 2.03. The van der Waals surface area contributed by atoms with Gasteiger partial charge in [0.05, 0.1) is 17.0 Å². The maximum Gasteiger partial charge on any atom is 0.303 e. The molecule has 1 rings (SSSR count). The van der Waals surface area contributed by atoms with Crippen LogP contribution in [0.25, 0.3) is 0 Å². The Bertz CT molecular complexity index is 595. The van der Waals surface area contributed by atoms with Crippen LogP contribution in [0, 0.1) is 0 Å². The molecular formula is C13H18N2O5S. The van der Waals surface area contributed by atoms with Crippen LogP contribution in [0.4, 0.5) is 0 Å². The van der Waals surface area contributed by atoms with Gasteiger partial charge in [-0.1, -0.05) is 13.3 Å². The Balaban J connectivity index is 2.65. The van der Waals surface area contributed by atoms with Crippen LogP contribution >= 0.6 is 0 Å². The Labute approximate surface area is 123 Å². The zero-order valence-corrected chi connectivity index (χ0v) is 12.8. The van der Waals surface area contributed by atoms with Crippen molar-refractivity contribution in [3.05, 3.63) is 29.6 Å². The van der Waals surface area contributed by atoms with Crippen molar-refractivity contribution in [3.63, 3.8) is 0 Å². The lowest BCUT2D eigenvalue weighted by atomic mass is 10.2. The summed E-state index contributed by atoms with van der Waals surface area (Å²) in [6, 6.07) is 2.92. The fourth-order valence-electron chi connectivity index (χ4n) is 1.41. The number of sulfonamides is 1. The molecule has 1 heterocycles. The first-order valence-corrected chi connectivity index (χ1v) is 8.12. The molecule has 0 aliphatic heterocycles. The number of carbonyl (C=O) groups excluding carboxylic acids is 2. The number of nitrogens with one attached hydrogen (secondary N) is 1. The van der Waals surface area contributed by atoms with Crippen LogP contribution < -0.4 is 4.72 Å². The molecule has 7 nitrogen and oxygen atoms in total. The molecule has 0 unspecified atom stereocenters. The minimum atomic E-state index is -3.62. The van der Waals surface area contributed by atoms with Gasteiger partial charge in [-0.25, -0.2) is 13.1 Å². The SMILES string of the molecule is CCCCS(=O)(=O)NC(=O)c1ccc(COC(C)=O)nc1. The van der Waals surface area contributed by atoms with Gasteiger partial charge >= 0.3 is 5.97 Å². The minimum Gasteiger partial charge on any atom is -0.459 e. The van der Waals surface area contributed by atoms with Crippen LogP contribution in [0.3, 0.4) is 0 Å². The molecule has 8 heteroatoms. The average molecular weight is 314 g/mol. The van der Waals surface area contributed by atoms with E-state index in [0.29, 0.717) is 12.1 Å². The van der Waals surface area contributed by atoms with Crippen LogP contribution in [-0.4, -0.2) is 31.0 Å². The summed E-state index contributed by atoms with van der Waals surface area (Å²) in [5, 5.41) is 0. The van der Waals surface area contributed by atoms with Crippen molar-refractivity contribution in [3.8, 4) is 0 Å². The normalized spacial score (nSPS) is 11.0.